The second-order valence-electron chi connectivity index (χ2n) is 6.07. The Morgan fingerprint density at radius 3 is 2.50 bits per heavy atom. The van der Waals surface area contributed by atoms with E-state index in [2.05, 4.69) is 32.3 Å². The highest BCUT2D eigenvalue weighted by Crippen LogP contribution is 2.27. The minimum Gasteiger partial charge on any atom is -0.275 e. The summed E-state index contributed by atoms with van der Waals surface area (Å²) in [5, 5.41) is 0. The number of carbonyl (C=O) groups excluding carboxylic acids is 2. The zero-order chi connectivity index (χ0) is 13.9. The Bertz CT molecular complexity index is 382. The van der Waals surface area contributed by atoms with Crippen molar-refractivity contribution >= 4 is 19.9 Å². The molecule has 100 valence electrons. The summed E-state index contributed by atoms with van der Waals surface area (Å²) >= 11 is 0. The Labute approximate surface area is 111 Å². The number of hydrogen-bond acceptors (Lipinski definition) is 2. The Hall–Kier alpha value is -1.16. The van der Waals surface area contributed by atoms with E-state index in [0.29, 0.717) is 6.42 Å². The van der Waals surface area contributed by atoms with Crippen molar-refractivity contribution in [2.75, 3.05) is 0 Å². The molecule has 2 amide bonds. The summed E-state index contributed by atoms with van der Waals surface area (Å²) in [5.41, 5.74) is 0. The van der Waals surface area contributed by atoms with E-state index in [1.807, 2.05) is 6.08 Å². The van der Waals surface area contributed by atoms with Crippen LogP contribution in [0.15, 0.2) is 24.8 Å². The van der Waals surface area contributed by atoms with Crippen molar-refractivity contribution in [2.24, 2.45) is 5.92 Å². The normalized spacial score (nSPS) is 24.9. The van der Waals surface area contributed by atoms with E-state index in [1.165, 1.54) is 11.8 Å². The van der Waals surface area contributed by atoms with Crippen molar-refractivity contribution < 1.29 is 9.59 Å². The lowest BCUT2D eigenvalue weighted by Crippen LogP contribution is -2.36. The topological polar surface area (TPSA) is 37.4 Å². The van der Waals surface area contributed by atoms with Crippen molar-refractivity contribution in [3.63, 3.8) is 0 Å². The summed E-state index contributed by atoms with van der Waals surface area (Å²) in [4.78, 5) is 24.9. The van der Waals surface area contributed by atoms with Gasteiger partial charge in [0.1, 0.15) is 0 Å². The van der Waals surface area contributed by atoms with Gasteiger partial charge in [-0.3, -0.25) is 14.5 Å². The van der Waals surface area contributed by atoms with Crippen molar-refractivity contribution in [1.82, 2.24) is 4.90 Å². The molecule has 1 saturated heterocycles. The molecule has 18 heavy (non-hydrogen) atoms. The first-order valence-corrected chi connectivity index (χ1v) is 10.1. The molecule has 0 unspecified atom stereocenters. The number of likely N-dealkylation sites (tertiary alicyclic amines) is 1. The van der Waals surface area contributed by atoms with Crippen LogP contribution >= 0.6 is 0 Å². The van der Waals surface area contributed by atoms with Gasteiger partial charge in [-0.05, 0) is 12.5 Å². The number of nitrogens with zero attached hydrogens (tertiary/aromatic N) is 1. The molecule has 1 heterocycles. The molecule has 3 nitrogen and oxygen atoms in total. The monoisotopic (exact) mass is 265 g/mol. The van der Waals surface area contributed by atoms with Gasteiger partial charge in [0.2, 0.25) is 11.8 Å². The molecule has 1 rings (SSSR count). The van der Waals surface area contributed by atoms with E-state index >= 15 is 0 Å². The van der Waals surface area contributed by atoms with Gasteiger partial charge in [0.15, 0.2) is 0 Å². The standard InChI is InChI=1S/C14H23NO2Si/c1-6-13-10-12(8-7-9-18(3,4)5)14(17)15(13)11(2)16/h6-8,12-13H,1,9-10H2,2-5H3/b8-7+/t12-,13+/m1/s1. The largest absolute Gasteiger partial charge is 0.275 e. The van der Waals surface area contributed by atoms with Crippen LogP contribution in [0, 0.1) is 5.92 Å². The molecule has 0 N–H and O–H groups in total. The third kappa shape index (κ3) is 3.67. The maximum absolute atomic E-state index is 12.1. The second kappa shape index (κ2) is 5.65. The molecular weight excluding hydrogens is 242 g/mol. The summed E-state index contributed by atoms with van der Waals surface area (Å²) in [5.74, 6) is -0.432. The highest BCUT2D eigenvalue weighted by molar-refractivity contribution is 6.76. The zero-order valence-corrected chi connectivity index (χ0v) is 12.8. The molecule has 0 spiro atoms. The van der Waals surface area contributed by atoms with Crippen molar-refractivity contribution in [3.05, 3.63) is 24.8 Å². The molecule has 1 fully saturated rings. The van der Waals surface area contributed by atoms with Crippen molar-refractivity contribution in [2.45, 2.75) is 45.1 Å². The van der Waals surface area contributed by atoms with Gasteiger partial charge in [0.25, 0.3) is 0 Å². The van der Waals surface area contributed by atoms with E-state index in [-0.39, 0.29) is 23.8 Å². The Balaban J connectivity index is 2.73. The lowest BCUT2D eigenvalue weighted by Gasteiger charge is -2.17. The number of carbonyl (C=O) groups is 2. The fraction of sp³-hybridized carbons (Fsp3) is 0.571. The maximum Gasteiger partial charge on any atom is 0.236 e. The first-order valence-electron chi connectivity index (χ1n) is 6.39. The average molecular weight is 265 g/mol. The highest BCUT2D eigenvalue weighted by atomic mass is 28.3. The van der Waals surface area contributed by atoms with Gasteiger partial charge in [-0.2, -0.15) is 0 Å². The molecule has 0 radical (unpaired) electrons. The Kier molecular flexibility index (Phi) is 4.68. The van der Waals surface area contributed by atoms with E-state index in [0.717, 1.165) is 6.04 Å². The van der Waals surface area contributed by atoms with E-state index in [9.17, 15) is 9.59 Å². The van der Waals surface area contributed by atoms with Crippen LogP contribution in [0.1, 0.15) is 13.3 Å². The fourth-order valence-corrected chi connectivity index (χ4v) is 2.99. The molecule has 0 bridgehead atoms. The Morgan fingerprint density at radius 1 is 1.50 bits per heavy atom. The molecule has 0 saturated carbocycles. The van der Waals surface area contributed by atoms with Gasteiger partial charge in [0.05, 0.1) is 12.0 Å². The van der Waals surface area contributed by atoms with Crippen LogP contribution in [0.4, 0.5) is 0 Å². The predicted octanol–water partition coefficient (Wildman–Crippen LogP) is 2.83. The third-order valence-electron chi connectivity index (χ3n) is 3.09. The molecule has 1 aliphatic heterocycles. The lowest BCUT2D eigenvalue weighted by atomic mass is 10.0. The molecule has 0 aliphatic carbocycles. The summed E-state index contributed by atoms with van der Waals surface area (Å²) in [6.45, 7) is 12.0. The van der Waals surface area contributed by atoms with Gasteiger partial charge < -0.3 is 0 Å². The fourth-order valence-electron chi connectivity index (χ4n) is 2.15. The van der Waals surface area contributed by atoms with Crippen LogP contribution in [0.25, 0.3) is 0 Å². The minimum absolute atomic E-state index is 0.0841. The molecule has 2 atom stereocenters. The smallest absolute Gasteiger partial charge is 0.236 e. The van der Waals surface area contributed by atoms with Gasteiger partial charge in [0, 0.05) is 15.0 Å². The van der Waals surface area contributed by atoms with Crippen LogP contribution in [0.3, 0.4) is 0 Å². The van der Waals surface area contributed by atoms with Gasteiger partial charge in [-0.1, -0.05) is 37.9 Å². The number of allylic oxidation sites excluding steroid dienone is 1. The molecule has 0 aromatic rings. The molecule has 4 heteroatoms. The first kappa shape index (κ1) is 14.9. The summed E-state index contributed by atoms with van der Waals surface area (Å²) < 4.78 is 0. The molecule has 0 aromatic heterocycles. The van der Waals surface area contributed by atoms with Crippen LogP contribution in [-0.4, -0.2) is 30.8 Å². The molecule has 1 aliphatic rings. The SMILES string of the molecule is C=C[C@H]1C[C@@H](/C=C/C[Si](C)(C)C)C(=O)N1C(C)=O. The highest BCUT2D eigenvalue weighted by Gasteiger charge is 2.38. The predicted molar refractivity (Wildman–Crippen MR) is 76.9 cm³/mol. The maximum atomic E-state index is 12.1. The summed E-state index contributed by atoms with van der Waals surface area (Å²) in [7, 11) is -1.11. The lowest BCUT2D eigenvalue weighted by molar-refractivity contribution is -0.142. The zero-order valence-electron chi connectivity index (χ0n) is 11.8. The van der Waals surface area contributed by atoms with Gasteiger partial charge in [-0.25, -0.2) is 0 Å². The number of amides is 2. The van der Waals surface area contributed by atoms with E-state index in [1.54, 1.807) is 6.08 Å². The van der Waals surface area contributed by atoms with Gasteiger partial charge in [-0.15, -0.1) is 6.58 Å². The quantitative estimate of drug-likeness (QED) is 0.579. The Morgan fingerprint density at radius 2 is 2.11 bits per heavy atom. The molecule has 0 aromatic carbocycles. The van der Waals surface area contributed by atoms with Crippen LogP contribution in [0.5, 0.6) is 0 Å². The average Bonchev–Trinajstić information content (AvgIpc) is 2.54. The molecular formula is C14H23NO2Si. The van der Waals surface area contributed by atoms with Crippen molar-refractivity contribution in [3.8, 4) is 0 Å². The van der Waals surface area contributed by atoms with Gasteiger partial charge >= 0.3 is 0 Å². The van der Waals surface area contributed by atoms with Crippen LogP contribution in [-0.2, 0) is 9.59 Å². The van der Waals surface area contributed by atoms with Crippen molar-refractivity contribution in [1.29, 1.82) is 0 Å². The third-order valence-corrected chi connectivity index (χ3v) is 4.55. The number of imide groups is 1. The summed E-state index contributed by atoms with van der Waals surface area (Å²) in [6, 6.07) is 0.923. The van der Waals surface area contributed by atoms with Crippen LogP contribution < -0.4 is 0 Å². The second-order valence-corrected chi connectivity index (χ2v) is 11.6. The number of hydrogen-bond donors (Lipinski definition) is 0. The first-order chi connectivity index (χ1) is 8.26. The van der Waals surface area contributed by atoms with E-state index in [4.69, 9.17) is 0 Å². The summed E-state index contributed by atoms with van der Waals surface area (Å²) in [6.07, 6.45) is 6.44. The van der Waals surface area contributed by atoms with E-state index < -0.39 is 8.07 Å². The van der Waals surface area contributed by atoms with Crippen LogP contribution in [0.2, 0.25) is 25.7 Å². The minimum atomic E-state index is -1.11. The number of rotatable bonds is 4.